The van der Waals surface area contributed by atoms with Crippen molar-refractivity contribution in [3.63, 3.8) is 0 Å². The SMILES string of the molecule is CCCOc1ccc(C=Nn2cn[nH]c2=S)cc1. The molecule has 0 saturated carbocycles. The monoisotopic (exact) mass is 262 g/mol. The van der Waals surface area contributed by atoms with Gasteiger partial charge in [-0.1, -0.05) is 6.92 Å². The zero-order valence-electron chi connectivity index (χ0n) is 10.0. The summed E-state index contributed by atoms with van der Waals surface area (Å²) in [7, 11) is 0. The molecule has 0 bridgehead atoms. The highest BCUT2D eigenvalue weighted by molar-refractivity contribution is 7.71. The molecule has 0 amide bonds. The minimum absolute atomic E-state index is 0.467. The lowest BCUT2D eigenvalue weighted by molar-refractivity contribution is 0.317. The quantitative estimate of drug-likeness (QED) is 0.665. The largest absolute Gasteiger partial charge is 0.494 e. The molecule has 0 aliphatic heterocycles. The molecule has 2 rings (SSSR count). The normalized spacial score (nSPS) is 10.9. The molecule has 0 saturated heterocycles. The second-order valence-corrected chi connectivity index (χ2v) is 4.05. The van der Waals surface area contributed by atoms with Crippen LogP contribution in [0.4, 0.5) is 0 Å². The Morgan fingerprint density at radius 3 is 2.83 bits per heavy atom. The zero-order chi connectivity index (χ0) is 12.8. The number of hydrogen-bond donors (Lipinski definition) is 1. The third kappa shape index (κ3) is 3.27. The van der Waals surface area contributed by atoms with Crippen molar-refractivity contribution in [3.8, 4) is 5.75 Å². The fourth-order valence-electron chi connectivity index (χ4n) is 1.32. The molecule has 0 unspecified atom stereocenters. The molecule has 94 valence electrons. The lowest BCUT2D eigenvalue weighted by atomic mass is 10.2. The summed E-state index contributed by atoms with van der Waals surface area (Å²) >= 11 is 4.98. The Labute approximate surface area is 110 Å². The Morgan fingerprint density at radius 2 is 2.22 bits per heavy atom. The lowest BCUT2D eigenvalue weighted by Crippen LogP contribution is -1.95. The highest BCUT2D eigenvalue weighted by Gasteiger charge is 1.93. The number of H-pyrrole nitrogens is 1. The van der Waals surface area contributed by atoms with Crippen LogP contribution in [0, 0.1) is 4.77 Å². The molecule has 0 aliphatic carbocycles. The first-order chi connectivity index (χ1) is 8.79. The summed E-state index contributed by atoms with van der Waals surface area (Å²) in [6, 6.07) is 7.73. The molecule has 18 heavy (non-hydrogen) atoms. The Balaban J connectivity index is 2.04. The molecule has 6 heteroatoms. The summed E-state index contributed by atoms with van der Waals surface area (Å²) in [4.78, 5) is 0. The molecule has 2 aromatic rings. The number of benzene rings is 1. The minimum Gasteiger partial charge on any atom is -0.494 e. The fourth-order valence-corrected chi connectivity index (χ4v) is 1.47. The van der Waals surface area contributed by atoms with Gasteiger partial charge in [-0.25, -0.2) is 0 Å². The molecule has 1 N–H and O–H groups in total. The van der Waals surface area contributed by atoms with Crippen LogP contribution in [0.3, 0.4) is 0 Å². The molecule has 1 aromatic carbocycles. The standard InChI is InChI=1S/C12H14N4OS/c1-2-7-17-11-5-3-10(4-6-11)8-14-16-9-13-15-12(16)18/h3-6,8-9H,2,7H2,1H3,(H,15,18). The predicted molar refractivity (Wildman–Crippen MR) is 72.6 cm³/mol. The summed E-state index contributed by atoms with van der Waals surface area (Å²) in [5, 5.41) is 10.6. The number of aromatic nitrogens is 3. The smallest absolute Gasteiger partial charge is 0.216 e. The first-order valence-corrected chi connectivity index (χ1v) is 6.09. The summed E-state index contributed by atoms with van der Waals surface area (Å²) in [6.07, 6.45) is 4.24. The molecule has 0 radical (unpaired) electrons. The van der Waals surface area contributed by atoms with Crippen molar-refractivity contribution in [2.75, 3.05) is 6.61 Å². The van der Waals surface area contributed by atoms with E-state index < -0.39 is 0 Å². The summed E-state index contributed by atoms with van der Waals surface area (Å²) in [6.45, 7) is 2.81. The van der Waals surface area contributed by atoms with E-state index in [1.165, 1.54) is 11.0 Å². The summed E-state index contributed by atoms with van der Waals surface area (Å²) in [5.41, 5.74) is 0.974. The van der Waals surface area contributed by atoms with Gasteiger partial charge in [-0.15, -0.1) is 0 Å². The van der Waals surface area contributed by atoms with Crippen LogP contribution in [-0.2, 0) is 0 Å². The van der Waals surface area contributed by atoms with Gasteiger partial charge in [0.15, 0.2) is 0 Å². The number of hydrogen-bond acceptors (Lipinski definition) is 4. The van der Waals surface area contributed by atoms with E-state index in [1.54, 1.807) is 6.21 Å². The van der Waals surface area contributed by atoms with Crippen molar-refractivity contribution in [1.82, 2.24) is 14.9 Å². The van der Waals surface area contributed by atoms with E-state index >= 15 is 0 Å². The topological polar surface area (TPSA) is 55.2 Å². The van der Waals surface area contributed by atoms with E-state index in [4.69, 9.17) is 17.0 Å². The Kier molecular flexibility index (Phi) is 4.25. The number of aromatic amines is 1. The highest BCUT2D eigenvalue weighted by Crippen LogP contribution is 2.11. The number of nitrogens with zero attached hydrogens (tertiary/aromatic N) is 3. The van der Waals surface area contributed by atoms with Gasteiger partial charge in [0.05, 0.1) is 12.8 Å². The van der Waals surface area contributed by atoms with Crippen LogP contribution in [-0.4, -0.2) is 27.7 Å². The van der Waals surface area contributed by atoms with Crippen LogP contribution in [0.15, 0.2) is 35.7 Å². The first kappa shape index (κ1) is 12.5. The van der Waals surface area contributed by atoms with Crippen molar-refractivity contribution in [2.45, 2.75) is 13.3 Å². The van der Waals surface area contributed by atoms with E-state index in [2.05, 4.69) is 22.2 Å². The Bertz CT molecular complexity index is 570. The van der Waals surface area contributed by atoms with Crippen LogP contribution in [0.1, 0.15) is 18.9 Å². The molecule has 5 nitrogen and oxygen atoms in total. The predicted octanol–water partition coefficient (Wildman–Crippen LogP) is 2.61. The van der Waals surface area contributed by atoms with Crippen LogP contribution < -0.4 is 4.74 Å². The third-order valence-corrected chi connectivity index (χ3v) is 2.50. The van der Waals surface area contributed by atoms with Crippen molar-refractivity contribution in [3.05, 3.63) is 40.9 Å². The van der Waals surface area contributed by atoms with Crippen LogP contribution >= 0.6 is 12.2 Å². The van der Waals surface area contributed by atoms with Gasteiger partial charge in [-0.3, -0.25) is 5.10 Å². The van der Waals surface area contributed by atoms with E-state index in [0.717, 1.165) is 24.3 Å². The minimum atomic E-state index is 0.467. The number of rotatable bonds is 5. The maximum atomic E-state index is 5.50. The van der Waals surface area contributed by atoms with Crippen LogP contribution in [0.2, 0.25) is 0 Å². The molecule has 1 heterocycles. The molecule has 0 spiro atoms. The van der Waals surface area contributed by atoms with Gasteiger partial charge in [0.2, 0.25) is 4.77 Å². The van der Waals surface area contributed by atoms with Crippen molar-refractivity contribution in [2.24, 2.45) is 5.10 Å². The van der Waals surface area contributed by atoms with Gasteiger partial charge in [0.1, 0.15) is 12.1 Å². The summed E-state index contributed by atoms with van der Waals surface area (Å²) in [5.74, 6) is 0.869. The maximum absolute atomic E-state index is 5.50. The average molecular weight is 262 g/mol. The van der Waals surface area contributed by atoms with E-state index in [0.29, 0.717) is 4.77 Å². The van der Waals surface area contributed by atoms with E-state index in [9.17, 15) is 0 Å². The Hall–Kier alpha value is -1.95. The molecule has 0 aliphatic rings. The molecular weight excluding hydrogens is 248 g/mol. The second kappa shape index (κ2) is 6.11. The van der Waals surface area contributed by atoms with Crippen LogP contribution in [0.25, 0.3) is 0 Å². The highest BCUT2D eigenvalue weighted by atomic mass is 32.1. The van der Waals surface area contributed by atoms with Gasteiger partial charge in [0.25, 0.3) is 0 Å². The average Bonchev–Trinajstić information content (AvgIpc) is 2.81. The molecule has 0 atom stereocenters. The zero-order valence-corrected chi connectivity index (χ0v) is 10.9. The van der Waals surface area contributed by atoms with Gasteiger partial charge >= 0.3 is 0 Å². The maximum Gasteiger partial charge on any atom is 0.216 e. The first-order valence-electron chi connectivity index (χ1n) is 5.69. The summed E-state index contributed by atoms with van der Waals surface area (Å²) < 4.78 is 7.46. The van der Waals surface area contributed by atoms with Gasteiger partial charge in [-0.05, 0) is 48.5 Å². The van der Waals surface area contributed by atoms with Crippen molar-refractivity contribution < 1.29 is 4.74 Å². The van der Waals surface area contributed by atoms with Gasteiger partial charge in [0, 0.05) is 0 Å². The van der Waals surface area contributed by atoms with Crippen molar-refractivity contribution >= 4 is 18.4 Å². The third-order valence-electron chi connectivity index (χ3n) is 2.22. The van der Waals surface area contributed by atoms with Crippen LogP contribution in [0.5, 0.6) is 5.75 Å². The lowest BCUT2D eigenvalue weighted by Gasteiger charge is -2.03. The van der Waals surface area contributed by atoms with Gasteiger partial charge < -0.3 is 4.74 Å². The number of ether oxygens (including phenoxy) is 1. The molecule has 1 aromatic heterocycles. The Morgan fingerprint density at radius 1 is 1.44 bits per heavy atom. The molecular formula is C12H14N4OS. The van der Waals surface area contributed by atoms with E-state index in [1.807, 2.05) is 24.3 Å². The second-order valence-electron chi connectivity index (χ2n) is 3.67. The number of nitrogens with one attached hydrogen (secondary N) is 1. The van der Waals surface area contributed by atoms with Crippen molar-refractivity contribution in [1.29, 1.82) is 0 Å². The van der Waals surface area contributed by atoms with E-state index in [-0.39, 0.29) is 0 Å². The van der Waals surface area contributed by atoms with Gasteiger partial charge in [-0.2, -0.15) is 14.9 Å². The molecule has 0 fully saturated rings. The fraction of sp³-hybridized carbons (Fsp3) is 0.250.